The van der Waals surface area contributed by atoms with E-state index >= 15 is 0 Å². The highest BCUT2D eigenvalue weighted by Crippen LogP contribution is 2.32. The minimum atomic E-state index is -0.0108. The van der Waals surface area contributed by atoms with Gasteiger partial charge in [-0.1, -0.05) is 12.1 Å². The normalized spacial score (nSPS) is 16.6. The molecule has 1 fully saturated rings. The number of nitrogens with zero attached hydrogens (tertiary/aromatic N) is 5. The number of para-hydroxylation sites is 1. The molecule has 0 spiro atoms. The Kier molecular flexibility index (Phi) is 5.21. The predicted octanol–water partition coefficient (Wildman–Crippen LogP) is 1.81. The second-order valence-electron chi connectivity index (χ2n) is 6.79. The van der Waals surface area contributed by atoms with Crippen LogP contribution in [0.25, 0.3) is 11.2 Å². The third-order valence-electron chi connectivity index (χ3n) is 5.01. The maximum Gasteiger partial charge on any atom is 0.257 e. The number of nitrogens with two attached hydrogens (primary N) is 1. The molecule has 3 aromatic rings. The number of hydrogen-bond donors (Lipinski definition) is 1. The van der Waals surface area contributed by atoms with Crippen molar-refractivity contribution >= 4 is 17.1 Å². The van der Waals surface area contributed by atoms with Gasteiger partial charge in [0.1, 0.15) is 11.3 Å². The van der Waals surface area contributed by atoms with Gasteiger partial charge in [-0.3, -0.25) is 4.79 Å². The first-order chi connectivity index (χ1) is 13.7. The number of aromatic nitrogens is 4. The monoisotopic (exact) mass is 380 g/mol. The second-order valence-corrected chi connectivity index (χ2v) is 6.79. The van der Waals surface area contributed by atoms with E-state index < -0.39 is 0 Å². The molecule has 1 unspecified atom stereocenters. The molecule has 2 N–H and O–H groups in total. The molecule has 1 aliphatic heterocycles. The Bertz CT molecular complexity index is 986. The summed E-state index contributed by atoms with van der Waals surface area (Å²) in [6, 6.07) is 7.39. The average Bonchev–Trinajstić information content (AvgIpc) is 3.34. The van der Waals surface area contributed by atoms with E-state index in [1.54, 1.807) is 12.4 Å². The molecular formula is C20H24N6O2. The third-order valence-corrected chi connectivity index (χ3v) is 5.01. The Morgan fingerprint density at radius 2 is 2.11 bits per heavy atom. The fourth-order valence-electron chi connectivity index (χ4n) is 3.74. The van der Waals surface area contributed by atoms with Gasteiger partial charge in [-0.05, 0) is 25.5 Å². The summed E-state index contributed by atoms with van der Waals surface area (Å²) >= 11 is 0. The molecule has 0 saturated carbocycles. The van der Waals surface area contributed by atoms with Crippen LogP contribution in [0.4, 0.5) is 0 Å². The molecule has 1 atom stereocenters. The zero-order chi connectivity index (χ0) is 19.5. The van der Waals surface area contributed by atoms with Crippen molar-refractivity contribution in [3.05, 3.63) is 47.9 Å². The van der Waals surface area contributed by atoms with Crippen molar-refractivity contribution in [2.75, 3.05) is 26.2 Å². The van der Waals surface area contributed by atoms with E-state index in [4.69, 9.17) is 15.6 Å². The molecule has 1 amide bonds. The topological polar surface area (TPSA) is 99.2 Å². The van der Waals surface area contributed by atoms with E-state index in [9.17, 15) is 4.79 Å². The van der Waals surface area contributed by atoms with E-state index in [0.29, 0.717) is 44.1 Å². The SMILES string of the molecule is CCOc1ccccc1C(=O)N1CCC(c2nn(CCN)c3nccnc23)C1. The third kappa shape index (κ3) is 3.31. The molecule has 146 valence electrons. The number of carbonyl (C=O) groups is 1. The van der Waals surface area contributed by atoms with Gasteiger partial charge in [-0.25, -0.2) is 14.6 Å². The standard InChI is InChI=1S/C20H24N6O2/c1-2-28-16-6-4-3-5-15(16)20(27)25-11-7-14(13-25)17-18-19(23-10-9-22-18)26(24-17)12-8-21/h3-6,9-10,14H,2,7-8,11-13,21H2,1H3. The molecule has 8 nitrogen and oxygen atoms in total. The molecule has 28 heavy (non-hydrogen) atoms. The van der Waals surface area contributed by atoms with Crippen LogP contribution in [-0.4, -0.2) is 56.8 Å². The first-order valence-corrected chi connectivity index (χ1v) is 9.61. The second kappa shape index (κ2) is 7.93. The van der Waals surface area contributed by atoms with E-state index in [1.165, 1.54) is 0 Å². The number of ether oxygens (including phenoxy) is 1. The largest absolute Gasteiger partial charge is 0.493 e. The first kappa shape index (κ1) is 18.4. The highest BCUT2D eigenvalue weighted by Gasteiger charge is 2.32. The molecule has 1 aliphatic rings. The molecule has 8 heteroatoms. The number of rotatable bonds is 6. The van der Waals surface area contributed by atoms with Crippen molar-refractivity contribution in [2.45, 2.75) is 25.8 Å². The van der Waals surface area contributed by atoms with Gasteiger partial charge in [0.05, 0.1) is 24.4 Å². The number of hydrogen-bond acceptors (Lipinski definition) is 6. The Morgan fingerprint density at radius 1 is 1.29 bits per heavy atom. The summed E-state index contributed by atoms with van der Waals surface area (Å²) < 4.78 is 7.44. The molecule has 1 saturated heterocycles. The molecular weight excluding hydrogens is 356 g/mol. The van der Waals surface area contributed by atoms with Crippen LogP contribution in [0.5, 0.6) is 5.75 Å². The predicted molar refractivity (Wildman–Crippen MR) is 105 cm³/mol. The van der Waals surface area contributed by atoms with Crippen molar-refractivity contribution < 1.29 is 9.53 Å². The Morgan fingerprint density at radius 3 is 2.93 bits per heavy atom. The molecule has 0 radical (unpaired) electrons. The summed E-state index contributed by atoms with van der Waals surface area (Å²) in [5, 5.41) is 4.72. The summed E-state index contributed by atoms with van der Waals surface area (Å²) in [5.74, 6) is 0.742. The Hall–Kier alpha value is -3.00. The van der Waals surface area contributed by atoms with Crippen molar-refractivity contribution in [1.29, 1.82) is 0 Å². The van der Waals surface area contributed by atoms with Gasteiger partial charge in [0.15, 0.2) is 5.65 Å². The number of fused-ring (bicyclic) bond motifs is 1. The number of likely N-dealkylation sites (tertiary alicyclic amines) is 1. The van der Waals surface area contributed by atoms with Crippen LogP contribution in [0.15, 0.2) is 36.7 Å². The van der Waals surface area contributed by atoms with Gasteiger partial charge in [0.25, 0.3) is 5.91 Å². The molecule has 0 bridgehead atoms. The average molecular weight is 380 g/mol. The van der Waals surface area contributed by atoms with Crippen LogP contribution in [0.2, 0.25) is 0 Å². The molecule has 0 aliphatic carbocycles. The fourth-order valence-corrected chi connectivity index (χ4v) is 3.74. The lowest BCUT2D eigenvalue weighted by atomic mass is 10.0. The number of benzene rings is 1. The molecule has 1 aromatic carbocycles. The van der Waals surface area contributed by atoms with E-state index in [1.807, 2.05) is 40.8 Å². The van der Waals surface area contributed by atoms with Crippen LogP contribution in [0.1, 0.15) is 35.3 Å². The van der Waals surface area contributed by atoms with Gasteiger partial charge >= 0.3 is 0 Å². The summed E-state index contributed by atoms with van der Waals surface area (Å²) in [7, 11) is 0. The summed E-state index contributed by atoms with van der Waals surface area (Å²) in [5.41, 5.74) is 8.74. The first-order valence-electron chi connectivity index (χ1n) is 9.61. The van der Waals surface area contributed by atoms with Gasteiger partial charge < -0.3 is 15.4 Å². The van der Waals surface area contributed by atoms with Crippen molar-refractivity contribution in [3.8, 4) is 5.75 Å². The van der Waals surface area contributed by atoms with Gasteiger partial charge in [0.2, 0.25) is 0 Å². The zero-order valence-corrected chi connectivity index (χ0v) is 15.9. The van der Waals surface area contributed by atoms with Crippen LogP contribution in [0.3, 0.4) is 0 Å². The van der Waals surface area contributed by atoms with Crippen molar-refractivity contribution in [2.24, 2.45) is 5.73 Å². The van der Waals surface area contributed by atoms with E-state index in [-0.39, 0.29) is 11.8 Å². The molecule has 3 heterocycles. The lowest BCUT2D eigenvalue weighted by molar-refractivity contribution is 0.0786. The lowest BCUT2D eigenvalue weighted by Gasteiger charge is -2.18. The quantitative estimate of drug-likeness (QED) is 0.700. The van der Waals surface area contributed by atoms with Gasteiger partial charge in [-0.2, -0.15) is 5.10 Å². The molecule has 2 aromatic heterocycles. The summed E-state index contributed by atoms with van der Waals surface area (Å²) in [6.07, 6.45) is 4.18. The van der Waals surface area contributed by atoms with Crippen LogP contribution in [-0.2, 0) is 6.54 Å². The van der Waals surface area contributed by atoms with Crippen LogP contribution < -0.4 is 10.5 Å². The summed E-state index contributed by atoms with van der Waals surface area (Å²) in [4.78, 5) is 23.8. The maximum atomic E-state index is 13.1. The minimum Gasteiger partial charge on any atom is -0.493 e. The van der Waals surface area contributed by atoms with Crippen LogP contribution >= 0.6 is 0 Å². The fraction of sp³-hybridized carbons (Fsp3) is 0.400. The lowest BCUT2D eigenvalue weighted by Crippen LogP contribution is -2.29. The zero-order valence-electron chi connectivity index (χ0n) is 15.9. The highest BCUT2D eigenvalue weighted by molar-refractivity contribution is 5.97. The van der Waals surface area contributed by atoms with E-state index in [0.717, 1.165) is 23.3 Å². The Balaban J connectivity index is 1.58. The molecule has 4 rings (SSSR count). The summed E-state index contributed by atoms with van der Waals surface area (Å²) in [6.45, 7) is 4.79. The number of amides is 1. The van der Waals surface area contributed by atoms with Gasteiger partial charge in [0, 0.05) is 37.9 Å². The number of carbonyl (C=O) groups excluding carboxylic acids is 1. The van der Waals surface area contributed by atoms with Crippen LogP contribution in [0, 0.1) is 0 Å². The Labute approximate surface area is 163 Å². The van der Waals surface area contributed by atoms with E-state index in [2.05, 4.69) is 9.97 Å². The van der Waals surface area contributed by atoms with Crippen molar-refractivity contribution in [1.82, 2.24) is 24.6 Å². The highest BCUT2D eigenvalue weighted by atomic mass is 16.5. The van der Waals surface area contributed by atoms with Crippen molar-refractivity contribution in [3.63, 3.8) is 0 Å². The maximum absolute atomic E-state index is 13.1. The van der Waals surface area contributed by atoms with Gasteiger partial charge in [-0.15, -0.1) is 0 Å². The smallest absolute Gasteiger partial charge is 0.257 e. The minimum absolute atomic E-state index is 0.0108.